The summed E-state index contributed by atoms with van der Waals surface area (Å²) in [5.74, 6) is 1.05. The lowest BCUT2D eigenvalue weighted by molar-refractivity contribution is 0.354. The average molecular weight is 247 g/mol. The van der Waals surface area contributed by atoms with E-state index in [1.165, 1.54) is 14.2 Å². The molecule has 0 amide bonds. The first-order chi connectivity index (χ1) is 7.46. The molecule has 16 heavy (non-hydrogen) atoms. The highest BCUT2D eigenvalue weighted by atomic mass is 32.2. The van der Waals surface area contributed by atoms with Crippen molar-refractivity contribution < 1.29 is 22.4 Å². The summed E-state index contributed by atoms with van der Waals surface area (Å²) < 4.78 is 41.5. The molecular weight excluding hydrogens is 234 g/mol. The molecule has 0 aliphatic heterocycles. The minimum absolute atomic E-state index is 0.0147. The molecule has 0 fully saturated rings. The van der Waals surface area contributed by atoms with E-state index in [4.69, 9.17) is 14.0 Å². The van der Waals surface area contributed by atoms with Crippen LogP contribution in [0.5, 0.6) is 11.5 Å². The second-order valence-electron chi connectivity index (χ2n) is 2.99. The molecule has 2 N–H and O–H groups in total. The van der Waals surface area contributed by atoms with Gasteiger partial charge in [-0.1, -0.05) is 6.07 Å². The zero-order chi connectivity index (χ0) is 12.2. The van der Waals surface area contributed by atoms with Crippen molar-refractivity contribution in [1.29, 1.82) is 0 Å². The number of nitrogens with one attached hydrogen (secondary N) is 1. The van der Waals surface area contributed by atoms with Gasteiger partial charge in [-0.05, 0) is 17.7 Å². The monoisotopic (exact) mass is 247 g/mol. The Morgan fingerprint density at radius 3 is 2.38 bits per heavy atom. The van der Waals surface area contributed by atoms with Gasteiger partial charge in [0.1, 0.15) is 0 Å². The van der Waals surface area contributed by atoms with E-state index in [0.717, 1.165) is 0 Å². The fraction of sp³-hybridized carbons (Fsp3) is 0.333. The standard InChI is InChI=1S/C9H13NO5S/c1-14-8-4-3-7(5-9(8)15-2)6-10-16(11,12)13/h3-5,10H,6H2,1-2H3,(H,11,12,13). The van der Waals surface area contributed by atoms with Gasteiger partial charge < -0.3 is 9.47 Å². The molecule has 0 aliphatic rings. The van der Waals surface area contributed by atoms with Gasteiger partial charge in [-0.2, -0.15) is 13.1 Å². The Labute approximate surface area is 94.1 Å². The third-order valence-electron chi connectivity index (χ3n) is 1.91. The number of hydrogen-bond donors (Lipinski definition) is 2. The molecule has 1 aromatic rings. The van der Waals surface area contributed by atoms with E-state index < -0.39 is 10.3 Å². The zero-order valence-corrected chi connectivity index (χ0v) is 9.74. The van der Waals surface area contributed by atoms with Crippen molar-refractivity contribution in [2.75, 3.05) is 14.2 Å². The Hall–Kier alpha value is -1.31. The van der Waals surface area contributed by atoms with Gasteiger partial charge in [-0.15, -0.1) is 0 Å². The van der Waals surface area contributed by atoms with Crippen LogP contribution in [0, 0.1) is 0 Å². The molecule has 7 heteroatoms. The van der Waals surface area contributed by atoms with Gasteiger partial charge in [-0.3, -0.25) is 4.55 Å². The number of benzene rings is 1. The van der Waals surface area contributed by atoms with Crippen molar-refractivity contribution >= 4 is 10.3 Å². The molecule has 0 saturated heterocycles. The molecule has 0 radical (unpaired) electrons. The van der Waals surface area contributed by atoms with Crippen molar-refractivity contribution in [3.05, 3.63) is 23.8 Å². The van der Waals surface area contributed by atoms with Crippen molar-refractivity contribution in [3.63, 3.8) is 0 Å². The summed E-state index contributed by atoms with van der Waals surface area (Å²) in [5, 5.41) is 0. The van der Waals surface area contributed by atoms with Crippen LogP contribution in [0.25, 0.3) is 0 Å². The van der Waals surface area contributed by atoms with E-state index in [1.54, 1.807) is 18.2 Å². The van der Waals surface area contributed by atoms with Crippen LogP contribution in [-0.4, -0.2) is 27.2 Å². The highest BCUT2D eigenvalue weighted by Gasteiger charge is 2.07. The smallest absolute Gasteiger partial charge is 0.333 e. The van der Waals surface area contributed by atoms with Crippen molar-refractivity contribution in [1.82, 2.24) is 4.72 Å². The summed E-state index contributed by atoms with van der Waals surface area (Å²) in [4.78, 5) is 0. The van der Waals surface area contributed by atoms with Crippen LogP contribution in [0.15, 0.2) is 18.2 Å². The highest BCUT2D eigenvalue weighted by molar-refractivity contribution is 7.83. The molecule has 0 unspecified atom stereocenters. The number of hydrogen-bond acceptors (Lipinski definition) is 4. The van der Waals surface area contributed by atoms with Crippen molar-refractivity contribution in [2.24, 2.45) is 0 Å². The summed E-state index contributed by atoms with van der Waals surface area (Å²) in [6.45, 7) is -0.0147. The SMILES string of the molecule is COc1ccc(CNS(=O)(=O)O)cc1OC. The third kappa shape index (κ3) is 3.69. The number of rotatable bonds is 5. The first-order valence-corrected chi connectivity index (χ1v) is 5.83. The van der Waals surface area contributed by atoms with Crippen LogP contribution in [0.3, 0.4) is 0 Å². The summed E-state index contributed by atoms with van der Waals surface area (Å²) in [5.41, 5.74) is 0.648. The molecule has 1 aromatic carbocycles. The first kappa shape index (κ1) is 12.8. The van der Waals surface area contributed by atoms with Crippen LogP contribution < -0.4 is 14.2 Å². The maximum absolute atomic E-state index is 10.5. The van der Waals surface area contributed by atoms with Gasteiger partial charge in [0.25, 0.3) is 0 Å². The fourth-order valence-corrected chi connectivity index (χ4v) is 1.51. The predicted octanol–water partition coefficient (Wildman–Crippen LogP) is 0.596. The summed E-state index contributed by atoms with van der Waals surface area (Å²) in [7, 11) is -1.19. The molecule has 0 bridgehead atoms. The molecule has 0 spiro atoms. The molecule has 0 atom stereocenters. The van der Waals surface area contributed by atoms with Crippen LogP contribution >= 0.6 is 0 Å². The Balaban J connectivity index is 2.83. The fourth-order valence-electron chi connectivity index (χ4n) is 1.17. The van der Waals surface area contributed by atoms with Gasteiger partial charge >= 0.3 is 10.3 Å². The molecular formula is C9H13NO5S. The summed E-state index contributed by atoms with van der Waals surface area (Å²) >= 11 is 0. The molecule has 6 nitrogen and oxygen atoms in total. The van der Waals surface area contributed by atoms with E-state index in [1.807, 2.05) is 4.72 Å². The molecule has 1 rings (SSSR count). The lowest BCUT2D eigenvalue weighted by Crippen LogP contribution is -2.21. The zero-order valence-electron chi connectivity index (χ0n) is 8.93. The summed E-state index contributed by atoms with van der Waals surface area (Å²) in [6.07, 6.45) is 0. The van der Waals surface area contributed by atoms with Crippen molar-refractivity contribution in [2.45, 2.75) is 6.54 Å². The Kier molecular flexibility index (Phi) is 4.11. The molecule has 0 saturated carbocycles. The van der Waals surface area contributed by atoms with Gasteiger partial charge in [0.2, 0.25) is 0 Å². The molecule has 90 valence electrons. The summed E-state index contributed by atoms with van der Waals surface area (Å²) in [6, 6.07) is 4.94. The van der Waals surface area contributed by atoms with Crippen LogP contribution in [-0.2, 0) is 16.8 Å². The molecule has 0 aromatic heterocycles. The molecule has 0 heterocycles. The highest BCUT2D eigenvalue weighted by Crippen LogP contribution is 2.27. The van der Waals surface area contributed by atoms with Gasteiger partial charge in [0.15, 0.2) is 11.5 Å². The topological polar surface area (TPSA) is 84.9 Å². The number of methoxy groups -OCH3 is 2. The van der Waals surface area contributed by atoms with Gasteiger partial charge in [0.05, 0.1) is 14.2 Å². The minimum Gasteiger partial charge on any atom is -0.493 e. The lowest BCUT2D eigenvalue weighted by atomic mass is 10.2. The second kappa shape index (κ2) is 5.15. The minimum atomic E-state index is -4.18. The third-order valence-corrected chi connectivity index (χ3v) is 2.42. The van der Waals surface area contributed by atoms with E-state index in [2.05, 4.69) is 0 Å². The predicted molar refractivity (Wildman–Crippen MR) is 57.9 cm³/mol. The average Bonchev–Trinajstić information content (AvgIpc) is 2.25. The quantitative estimate of drug-likeness (QED) is 0.744. The van der Waals surface area contributed by atoms with Crippen LogP contribution in [0.2, 0.25) is 0 Å². The van der Waals surface area contributed by atoms with E-state index in [0.29, 0.717) is 17.1 Å². The Bertz CT molecular complexity index is 457. The van der Waals surface area contributed by atoms with E-state index >= 15 is 0 Å². The van der Waals surface area contributed by atoms with Gasteiger partial charge in [-0.25, -0.2) is 0 Å². The second-order valence-corrected chi connectivity index (χ2v) is 4.22. The Morgan fingerprint density at radius 2 is 1.88 bits per heavy atom. The largest absolute Gasteiger partial charge is 0.493 e. The van der Waals surface area contributed by atoms with Crippen LogP contribution in [0.1, 0.15) is 5.56 Å². The maximum atomic E-state index is 10.5. The lowest BCUT2D eigenvalue weighted by Gasteiger charge is -2.09. The normalized spacial score (nSPS) is 11.2. The number of ether oxygens (including phenoxy) is 2. The molecule has 0 aliphatic carbocycles. The first-order valence-electron chi connectivity index (χ1n) is 4.39. The Morgan fingerprint density at radius 1 is 1.25 bits per heavy atom. The van der Waals surface area contributed by atoms with Crippen molar-refractivity contribution in [3.8, 4) is 11.5 Å². The van der Waals surface area contributed by atoms with E-state index in [-0.39, 0.29) is 6.54 Å². The van der Waals surface area contributed by atoms with E-state index in [9.17, 15) is 8.42 Å². The maximum Gasteiger partial charge on any atom is 0.333 e. The van der Waals surface area contributed by atoms with Gasteiger partial charge in [0, 0.05) is 6.54 Å². The van der Waals surface area contributed by atoms with Crippen LogP contribution in [0.4, 0.5) is 0 Å².